The molecule has 0 unspecified atom stereocenters. The number of carbonyl (C=O) groups is 2. The molecule has 2 N–H and O–H groups in total. The smallest absolute Gasteiger partial charge is 0.320 e. The van der Waals surface area contributed by atoms with Crippen molar-refractivity contribution in [3.05, 3.63) is 71.7 Å². The Kier molecular flexibility index (Phi) is 6.22. The summed E-state index contributed by atoms with van der Waals surface area (Å²) in [5, 5.41) is 5.02. The third-order valence-corrected chi connectivity index (χ3v) is 5.23. The average molecular weight is 494 g/mol. The van der Waals surface area contributed by atoms with Crippen LogP contribution in [0.15, 0.2) is 55.0 Å². The van der Waals surface area contributed by atoms with Crippen molar-refractivity contribution in [3.63, 3.8) is 0 Å². The number of rotatable bonds is 5. The van der Waals surface area contributed by atoms with Crippen molar-refractivity contribution in [2.45, 2.75) is 25.2 Å². The van der Waals surface area contributed by atoms with E-state index in [0.717, 1.165) is 31.3 Å². The SMILES string of the molecule is O=C(Nc1cnccc1-c1ccc(C(F)(F)F)cc1C(F)(F)F)c1ccnc(NC(=O)C2CC2)c1. The van der Waals surface area contributed by atoms with E-state index in [4.69, 9.17) is 0 Å². The van der Waals surface area contributed by atoms with E-state index >= 15 is 0 Å². The fourth-order valence-corrected chi connectivity index (χ4v) is 3.33. The minimum Gasteiger partial charge on any atom is -0.320 e. The second-order valence-electron chi connectivity index (χ2n) is 7.82. The number of aromatic nitrogens is 2. The Morgan fingerprint density at radius 2 is 1.60 bits per heavy atom. The van der Waals surface area contributed by atoms with Crippen molar-refractivity contribution in [2.24, 2.45) is 5.92 Å². The summed E-state index contributed by atoms with van der Waals surface area (Å²) in [5.41, 5.74) is -3.80. The van der Waals surface area contributed by atoms with Crippen LogP contribution in [0, 0.1) is 5.92 Å². The third-order valence-electron chi connectivity index (χ3n) is 5.23. The monoisotopic (exact) mass is 494 g/mol. The maximum Gasteiger partial charge on any atom is 0.417 e. The minimum atomic E-state index is -5.10. The van der Waals surface area contributed by atoms with Crippen LogP contribution in [0.25, 0.3) is 11.1 Å². The number of hydrogen-bond acceptors (Lipinski definition) is 4. The van der Waals surface area contributed by atoms with Crippen LogP contribution >= 0.6 is 0 Å². The summed E-state index contributed by atoms with van der Waals surface area (Å²) in [6.45, 7) is 0. The fraction of sp³-hybridized carbons (Fsp3) is 0.217. The predicted molar refractivity (Wildman–Crippen MR) is 113 cm³/mol. The van der Waals surface area contributed by atoms with Crippen LogP contribution in [-0.4, -0.2) is 21.8 Å². The molecule has 35 heavy (non-hydrogen) atoms. The molecule has 2 heterocycles. The van der Waals surface area contributed by atoms with E-state index < -0.39 is 35.0 Å². The average Bonchev–Trinajstić information content (AvgIpc) is 3.64. The molecule has 12 heteroatoms. The van der Waals surface area contributed by atoms with Gasteiger partial charge in [-0.25, -0.2) is 4.98 Å². The third kappa shape index (κ3) is 5.58. The van der Waals surface area contributed by atoms with E-state index in [1.165, 1.54) is 18.3 Å². The van der Waals surface area contributed by atoms with Crippen LogP contribution < -0.4 is 10.6 Å². The summed E-state index contributed by atoms with van der Waals surface area (Å²) >= 11 is 0. The van der Waals surface area contributed by atoms with Gasteiger partial charge in [-0.2, -0.15) is 26.3 Å². The molecule has 3 aromatic rings. The highest BCUT2D eigenvalue weighted by Gasteiger charge is 2.38. The number of pyridine rings is 2. The molecule has 0 saturated heterocycles. The molecule has 0 atom stereocenters. The molecule has 6 nitrogen and oxygen atoms in total. The number of nitrogens with zero attached hydrogens (tertiary/aromatic N) is 2. The van der Waals surface area contributed by atoms with Crippen molar-refractivity contribution < 1.29 is 35.9 Å². The largest absolute Gasteiger partial charge is 0.417 e. The minimum absolute atomic E-state index is 0.0268. The second kappa shape index (κ2) is 9.01. The number of halogens is 6. The Morgan fingerprint density at radius 3 is 2.26 bits per heavy atom. The van der Waals surface area contributed by atoms with E-state index in [2.05, 4.69) is 20.6 Å². The van der Waals surface area contributed by atoms with Gasteiger partial charge in [0.1, 0.15) is 5.82 Å². The van der Waals surface area contributed by atoms with Crippen molar-refractivity contribution in [3.8, 4) is 11.1 Å². The summed E-state index contributed by atoms with van der Waals surface area (Å²) in [7, 11) is 0. The number of carbonyl (C=O) groups excluding carboxylic acids is 2. The van der Waals surface area contributed by atoms with Gasteiger partial charge in [-0.15, -0.1) is 0 Å². The molecule has 0 bridgehead atoms. The van der Waals surface area contributed by atoms with E-state index in [-0.39, 0.29) is 40.5 Å². The van der Waals surface area contributed by atoms with E-state index in [1.807, 2.05) is 0 Å². The van der Waals surface area contributed by atoms with Crippen molar-refractivity contribution in [1.29, 1.82) is 0 Å². The zero-order valence-corrected chi connectivity index (χ0v) is 17.7. The Balaban J connectivity index is 1.65. The number of nitrogens with one attached hydrogen (secondary N) is 2. The Morgan fingerprint density at radius 1 is 0.857 bits per heavy atom. The number of alkyl halides is 6. The number of hydrogen-bond donors (Lipinski definition) is 2. The molecule has 0 radical (unpaired) electrons. The van der Waals surface area contributed by atoms with Gasteiger partial charge in [0.2, 0.25) is 5.91 Å². The van der Waals surface area contributed by atoms with Gasteiger partial charge in [-0.1, -0.05) is 6.07 Å². The lowest BCUT2D eigenvalue weighted by Gasteiger charge is -2.18. The lowest BCUT2D eigenvalue weighted by atomic mass is 9.96. The molecule has 0 aliphatic heterocycles. The molecule has 1 aliphatic carbocycles. The molecule has 1 fully saturated rings. The topological polar surface area (TPSA) is 84.0 Å². The number of benzene rings is 1. The molecule has 4 rings (SSSR count). The fourth-order valence-electron chi connectivity index (χ4n) is 3.33. The van der Waals surface area contributed by atoms with E-state index in [0.29, 0.717) is 12.1 Å². The van der Waals surface area contributed by atoms with Crippen molar-refractivity contribution >= 4 is 23.3 Å². The van der Waals surface area contributed by atoms with Crippen LogP contribution in [0.5, 0.6) is 0 Å². The van der Waals surface area contributed by atoms with Crippen LogP contribution in [0.1, 0.15) is 34.3 Å². The van der Waals surface area contributed by atoms with E-state index in [1.54, 1.807) is 0 Å². The molecule has 2 amide bonds. The molecule has 0 spiro atoms. The Hall–Kier alpha value is -3.96. The first kappa shape index (κ1) is 24.2. The Bertz CT molecular complexity index is 1290. The molecular weight excluding hydrogens is 478 g/mol. The highest BCUT2D eigenvalue weighted by Crippen LogP contribution is 2.42. The zero-order valence-electron chi connectivity index (χ0n) is 17.7. The van der Waals surface area contributed by atoms with Gasteiger partial charge in [-0.3, -0.25) is 14.6 Å². The van der Waals surface area contributed by atoms with Crippen LogP contribution in [0.2, 0.25) is 0 Å². The van der Waals surface area contributed by atoms with Gasteiger partial charge < -0.3 is 10.6 Å². The maximum atomic E-state index is 13.7. The number of anilines is 2. The maximum absolute atomic E-state index is 13.7. The highest BCUT2D eigenvalue weighted by atomic mass is 19.4. The lowest BCUT2D eigenvalue weighted by Crippen LogP contribution is -2.17. The van der Waals surface area contributed by atoms with Crippen molar-refractivity contribution in [2.75, 3.05) is 10.6 Å². The number of amides is 2. The summed E-state index contributed by atoms with van der Waals surface area (Å²) in [6, 6.07) is 5.05. The van der Waals surface area contributed by atoms with Crippen molar-refractivity contribution in [1.82, 2.24) is 9.97 Å². The molecule has 1 aliphatic rings. The zero-order chi connectivity index (χ0) is 25.4. The summed E-state index contributed by atoms with van der Waals surface area (Å²) in [6.07, 6.45) is -5.02. The lowest BCUT2D eigenvalue weighted by molar-refractivity contribution is -0.142. The molecule has 2 aromatic heterocycles. The molecule has 1 saturated carbocycles. The summed E-state index contributed by atoms with van der Waals surface area (Å²) in [4.78, 5) is 32.5. The summed E-state index contributed by atoms with van der Waals surface area (Å²) in [5.74, 6) is -0.947. The molecular formula is C23H16F6N4O2. The normalized spacial score (nSPS) is 13.9. The van der Waals surface area contributed by atoms with Gasteiger partial charge in [0, 0.05) is 29.4 Å². The molecule has 1 aromatic carbocycles. The predicted octanol–water partition coefficient (Wildman–Crippen LogP) is 5.78. The van der Waals surface area contributed by atoms with Gasteiger partial charge in [-0.05, 0) is 48.7 Å². The van der Waals surface area contributed by atoms with Gasteiger partial charge in [0.25, 0.3) is 5.91 Å². The van der Waals surface area contributed by atoms with Crippen LogP contribution in [-0.2, 0) is 17.1 Å². The standard InChI is InChI=1S/C23H16F6N4O2/c24-22(25,26)14-3-4-15(17(10-14)23(27,28)29)16-6-7-30-11-18(16)32-21(35)13-5-8-31-19(9-13)33-20(34)12-1-2-12/h3-12H,1-2H2,(H,32,35)(H,31,33,34). The first-order valence-electron chi connectivity index (χ1n) is 10.2. The second-order valence-corrected chi connectivity index (χ2v) is 7.82. The van der Waals surface area contributed by atoms with Gasteiger partial charge >= 0.3 is 12.4 Å². The van der Waals surface area contributed by atoms with Crippen LogP contribution in [0.3, 0.4) is 0 Å². The van der Waals surface area contributed by atoms with Gasteiger partial charge in [0.05, 0.1) is 23.0 Å². The Labute approximate surface area is 194 Å². The van der Waals surface area contributed by atoms with Crippen LogP contribution in [0.4, 0.5) is 37.8 Å². The van der Waals surface area contributed by atoms with E-state index in [9.17, 15) is 35.9 Å². The quantitative estimate of drug-likeness (QED) is 0.441. The first-order valence-corrected chi connectivity index (χ1v) is 10.2. The first-order chi connectivity index (χ1) is 16.4. The summed E-state index contributed by atoms with van der Waals surface area (Å²) < 4.78 is 80.0. The molecule has 182 valence electrons. The highest BCUT2D eigenvalue weighted by molar-refractivity contribution is 6.07. The van der Waals surface area contributed by atoms with Gasteiger partial charge in [0.15, 0.2) is 0 Å².